The monoisotopic (exact) mass is 518 g/mol. The van der Waals surface area contributed by atoms with Crippen molar-refractivity contribution in [2.24, 2.45) is 0 Å². The molecule has 4 aromatic carbocycles. The van der Waals surface area contributed by atoms with Crippen LogP contribution >= 0.6 is 23.1 Å². The van der Waals surface area contributed by atoms with Crippen molar-refractivity contribution in [2.75, 3.05) is 0 Å². The normalized spacial score (nSPS) is 12.2. The van der Waals surface area contributed by atoms with Gasteiger partial charge in [0.2, 0.25) is 0 Å². The molecule has 5 heteroatoms. The van der Waals surface area contributed by atoms with Crippen LogP contribution in [0.4, 0.5) is 4.39 Å². The minimum Gasteiger partial charge on any atom is -0.306 e. The fourth-order valence-electron chi connectivity index (χ4n) is 3.67. The Morgan fingerprint density at radius 2 is 1.12 bits per heavy atom. The van der Waals surface area contributed by atoms with Gasteiger partial charge in [0, 0.05) is 32.6 Å². The number of allylic oxidation sites excluding steroid dienone is 1. The number of hydrogen-bond acceptors (Lipinski definition) is 2. The fraction of sp³-hybridized carbons (Fsp3) is 0.0357. The number of hydrogen-bond donors (Lipinski definition) is 0. The zero-order valence-corrected chi connectivity index (χ0v) is 20.2. The molecule has 33 heavy (non-hydrogen) atoms. The molecule has 0 aliphatic rings. The number of benzene rings is 4. The number of halogens is 2. The first-order chi connectivity index (χ1) is 16.0. The van der Waals surface area contributed by atoms with Crippen LogP contribution in [0.1, 0.15) is 22.3 Å². The number of carbonyl (C=O) groups excluding carboxylic acids is 1. The second-order valence-corrected chi connectivity index (χ2v) is 11.1. The van der Waals surface area contributed by atoms with E-state index in [-0.39, 0.29) is 17.8 Å². The molecule has 0 atom stereocenters. The molecule has 0 aliphatic heterocycles. The minimum atomic E-state index is -3.85. The van der Waals surface area contributed by atoms with E-state index in [1.807, 2.05) is 6.07 Å². The summed E-state index contributed by atoms with van der Waals surface area (Å²) in [4.78, 5) is 13.1. The second-order valence-electron chi connectivity index (χ2n) is 7.52. The van der Waals surface area contributed by atoms with E-state index in [2.05, 4.69) is 15.9 Å². The SMILES string of the molecule is O=C(C/C(=C(/F)P(=O)(c1ccccc1)c1ccccc1)c1ccc(Br)cc1)c1ccccc1. The van der Waals surface area contributed by atoms with Crippen LogP contribution in [-0.2, 0) is 4.57 Å². The van der Waals surface area contributed by atoms with Crippen LogP contribution in [0.5, 0.6) is 0 Å². The highest BCUT2D eigenvalue weighted by atomic mass is 79.9. The molecule has 164 valence electrons. The molecule has 0 saturated heterocycles. The largest absolute Gasteiger partial charge is 0.306 e. The van der Waals surface area contributed by atoms with Gasteiger partial charge in [0.25, 0.3) is 0 Å². The quantitative estimate of drug-likeness (QED) is 0.189. The lowest BCUT2D eigenvalue weighted by Crippen LogP contribution is -2.17. The maximum atomic E-state index is 16.6. The average Bonchev–Trinajstić information content (AvgIpc) is 2.88. The van der Waals surface area contributed by atoms with Crippen molar-refractivity contribution < 1.29 is 13.8 Å². The first-order valence-electron chi connectivity index (χ1n) is 10.4. The molecule has 0 aromatic heterocycles. The van der Waals surface area contributed by atoms with Crippen LogP contribution in [-0.4, -0.2) is 5.78 Å². The van der Waals surface area contributed by atoms with E-state index in [1.165, 1.54) is 0 Å². The Morgan fingerprint density at radius 3 is 1.61 bits per heavy atom. The van der Waals surface area contributed by atoms with Crippen molar-refractivity contribution in [2.45, 2.75) is 6.42 Å². The van der Waals surface area contributed by atoms with Gasteiger partial charge < -0.3 is 4.57 Å². The molecule has 0 N–H and O–H groups in total. The Balaban J connectivity index is 1.94. The Hall–Kier alpha value is -3.07. The van der Waals surface area contributed by atoms with Gasteiger partial charge in [0.15, 0.2) is 18.5 Å². The summed E-state index contributed by atoms with van der Waals surface area (Å²) in [6.07, 6.45) is -0.207. The predicted octanol–water partition coefficient (Wildman–Crippen LogP) is 7.37. The summed E-state index contributed by atoms with van der Waals surface area (Å²) in [6, 6.07) is 33.1. The van der Waals surface area contributed by atoms with Gasteiger partial charge in [-0.15, -0.1) is 0 Å². The summed E-state index contributed by atoms with van der Waals surface area (Å²) in [5.74, 6) is -0.239. The zero-order valence-electron chi connectivity index (χ0n) is 17.7. The number of Topliss-reactive ketones (excluding diaryl/α,β-unsaturated/α-hetero) is 1. The van der Waals surface area contributed by atoms with Crippen molar-refractivity contribution in [3.05, 3.63) is 136 Å². The van der Waals surface area contributed by atoms with Gasteiger partial charge in [0.1, 0.15) is 0 Å². The van der Waals surface area contributed by atoms with Crippen molar-refractivity contribution in [3.63, 3.8) is 0 Å². The highest BCUT2D eigenvalue weighted by Crippen LogP contribution is 2.55. The van der Waals surface area contributed by atoms with Gasteiger partial charge >= 0.3 is 0 Å². The summed E-state index contributed by atoms with van der Waals surface area (Å²) >= 11 is 3.40. The summed E-state index contributed by atoms with van der Waals surface area (Å²) in [5.41, 5.74) is 0.361. The van der Waals surface area contributed by atoms with Gasteiger partial charge in [-0.05, 0) is 17.7 Å². The van der Waals surface area contributed by atoms with E-state index in [1.54, 1.807) is 109 Å². The summed E-state index contributed by atoms with van der Waals surface area (Å²) in [7, 11) is -3.85. The van der Waals surface area contributed by atoms with Gasteiger partial charge in [-0.3, -0.25) is 4.79 Å². The molecular formula is C28H21BrFO2P. The molecule has 2 nitrogen and oxygen atoms in total. The second kappa shape index (κ2) is 10.2. The van der Waals surface area contributed by atoms with E-state index in [0.717, 1.165) is 4.47 Å². The van der Waals surface area contributed by atoms with Crippen LogP contribution in [0.3, 0.4) is 0 Å². The Labute approximate surface area is 201 Å². The van der Waals surface area contributed by atoms with Crippen molar-refractivity contribution in [3.8, 4) is 0 Å². The summed E-state index contributed by atoms with van der Waals surface area (Å²) < 4.78 is 32.0. The number of carbonyl (C=O) groups is 1. The van der Waals surface area contributed by atoms with Crippen LogP contribution in [0.25, 0.3) is 5.57 Å². The first kappa shape index (κ1) is 23.1. The van der Waals surface area contributed by atoms with Crippen molar-refractivity contribution in [1.82, 2.24) is 0 Å². The summed E-state index contributed by atoms with van der Waals surface area (Å²) in [5, 5.41) is 0.769. The number of ketones is 1. The third-order valence-corrected chi connectivity index (χ3v) is 8.79. The van der Waals surface area contributed by atoms with E-state index < -0.39 is 12.7 Å². The first-order valence-corrected chi connectivity index (χ1v) is 12.9. The lowest BCUT2D eigenvalue weighted by atomic mass is 9.98. The topological polar surface area (TPSA) is 34.1 Å². The van der Waals surface area contributed by atoms with E-state index in [0.29, 0.717) is 21.7 Å². The lowest BCUT2D eigenvalue weighted by molar-refractivity contribution is 0.0998. The minimum absolute atomic E-state index is 0.132. The van der Waals surface area contributed by atoms with Crippen LogP contribution in [0.2, 0.25) is 0 Å². The smallest absolute Gasteiger partial charge is 0.198 e. The lowest BCUT2D eigenvalue weighted by Gasteiger charge is -2.21. The molecule has 0 amide bonds. The standard InChI is InChI=1S/C28H21BrFO2P/c29-23-18-16-21(17-19-23)26(20-27(31)22-10-4-1-5-11-22)28(30)33(32,24-12-6-2-7-13-24)25-14-8-3-9-15-25/h1-19H,20H2/b28-26+. The molecule has 0 fully saturated rings. The Kier molecular flexibility index (Phi) is 7.17. The number of rotatable bonds is 7. The highest BCUT2D eigenvalue weighted by Gasteiger charge is 2.35. The Bertz CT molecular complexity index is 1280. The molecule has 0 saturated carbocycles. The van der Waals surface area contributed by atoms with Crippen LogP contribution in [0, 0.1) is 0 Å². The van der Waals surface area contributed by atoms with E-state index in [4.69, 9.17) is 0 Å². The van der Waals surface area contributed by atoms with Gasteiger partial charge in [-0.1, -0.05) is 119 Å². The third-order valence-electron chi connectivity index (χ3n) is 5.39. The zero-order chi connectivity index (χ0) is 23.3. The van der Waals surface area contributed by atoms with Crippen LogP contribution in [0.15, 0.2) is 125 Å². The molecule has 0 unspecified atom stereocenters. The Morgan fingerprint density at radius 1 is 0.667 bits per heavy atom. The van der Waals surface area contributed by atoms with Crippen molar-refractivity contribution in [1.29, 1.82) is 0 Å². The van der Waals surface area contributed by atoms with Crippen molar-refractivity contribution >= 4 is 45.0 Å². The maximum Gasteiger partial charge on any atom is 0.198 e. The molecule has 4 aromatic rings. The van der Waals surface area contributed by atoms with Gasteiger partial charge in [-0.25, -0.2) is 4.39 Å². The molecule has 0 heterocycles. The van der Waals surface area contributed by atoms with Gasteiger partial charge in [-0.2, -0.15) is 0 Å². The maximum absolute atomic E-state index is 16.6. The van der Waals surface area contributed by atoms with E-state index in [9.17, 15) is 9.36 Å². The molecular weight excluding hydrogens is 498 g/mol. The molecule has 0 radical (unpaired) electrons. The highest BCUT2D eigenvalue weighted by molar-refractivity contribution is 9.10. The molecule has 0 aliphatic carbocycles. The molecule has 4 rings (SSSR count). The van der Waals surface area contributed by atoms with Gasteiger partial charge in [0.05, 0.1) is 0 Å². The fourth-order valence-corrected chi connectivity index (χ4v) is 6.46. The van der Waals surface area contributed by atoms with E-state index >= 15 is 4.39 Å². The molecule has 0 bridgehead atoms. The predicted molar refractivity (Wildman–Crippen MR) is 137 cm³/mol. The third kappa shape index (κ3) is 4.98. The average molecular weight is 519 g/mol. The molecule has 0 spiro atoms. The van der Waals surface area contributed by atoms with Crippen LogP contribution < -0.4 is 10.6 Å². The summed E-state index contributed by atoms with van der Waals surface area (Å²) in [6.45, 7) is 0.